The van der Waals surface area contributed by atoms with Crippen molar-refractivity contribution in [3.8, 4) is 0 Å². The summed E-state index contributed by atoms with van der Waals surface area (Å²) in [5, 5.41) is 6.04. The van der Waals surface area contributed by atoms with E-state index < -0.39 is 10.0 Å². The topological polar surface area (TPSA) is 95.2 Å². The summed E-state index contributed by atoms with van der Waals surface area (Å²) in [6, 6.07) is 1.05. The summed E-state index contributed by atoms with van der Waals surface area (Å²) < 4.78 is 26.3. The Balaban J connectivity index is 1.95. The summed E-state index contributed by atoms with van der Waals surface area (Å²) in [6.45, 7) is 2.83. The zero-order valence-electron chi connectivity index (χ0n) is 10.1. The van der Waals surface area contributed by atoms with Gasteiger partial charge in [-0.15, -0.1) is 0 Å². The Morgan fingerprint density at radius 1 is 1.61 bits per heavy atom. The number of nitrogens with one attached hydrogen (secondary N) is 2. The van der Waals surface area contributed by atoms with Gasteiger partial charge in [-0.3, -0.25) is 9.89 Å². The summed E-state index contributed by atoms with van der Waals surface area (Å²) in [7, 11) is -3.58. The van der Waals surface area contributed by atoms with Crippen LogP contribution >= 0.6 is 0 Å². The van der Waals surface area contributed by atoms with Gasteiger partial charge in [0.1, 0.15) is 0 Å². The van der Waals surface area contributed by atoms with Gasteiger partial charge in [-0.05, 0) is 19.4 Å². The van der Waals surface area contributed by atoms with Crippen molar-refractivity contribution in [3.63, 3.8) is 0 Å². The van der Waals surface area contributed by atoms with E-state index in [0.717, 1.165) is 6.42 Å². The lowest BCUT2D eigenvalue weighted by molar-refractivity contribution is -0.127. The summed E-state index contributed by atoms with van der Waals surface area (Å²) in [4.78, 5) is 13.1. The van der Waals surface area contributed by atoms with Crippen molar-refractivity contribution in [3.05, 3.63) is 12.3 Å². The van der Waals surface area contributed by atoms with Crippen molar-refractivity contribution in [1.82, 2.24) is 19.8 Å². The molecule has 0 aromatic carbocycles. The summed E-state index contributed by atoms with van der Waals surface area (Å²) in [6.07, 6.45) is 2.78. The summed E-state index contributed by atoms with van der Waals surface area (Å²) in [5.74, 6) is 0.0857. The van der Waals surface area contributed by atoms with Gasteiger partial charge in [0.2, 0.25) is 5.91 Å². The minimum atomic E-state index is -3.58. The van der Waals surface area contributed by atoms with Crippen LogP contribution in [0, 0.1) is 0 Å². The van der Waals surface area contributed by atoms with Crippen LogP contribution in [0.3, 0.4) is 0 Å². The lowest BCUT2D eigenvalue weighted by atomic mass is 10.3. The second-order valence-electron chi connectivity index (χ2n) is 4.39. The smallest absolute Gasteiger partial charge is 0.257 e. The maximum Gasteiger partial charge on any atom is 0.257 e. The van der Waals surface area contributed by atoms with E-state index >= 15 is 0 Å². The molecule has 1 saturated heterocycles. The molecule has 1 aromatic heterocycles. The highest BCUT2D eigenvalue weighted by atomic mass is 32.2. The average Bonchev–Trinajstić information content (AvgIpc) is 2.90. The number of nitrogens with zero attached hydrogens (tertiary/aromatic N) is 2. The van der Waals surface area contributed by atoms with Crippen LogP contribution in [0.25, 0.3) is 0 Å². The highest BCUT2D eigenvalue weighted by Gasteiger charge is 2.24. The highest BCUT2D eigenvalue weighted by molar-refractivity contribution is 7.89. The number of aromatic amines is 1. The van der Waals surface area contributed by atoms with Crippen molar-refractivity contribution in [1.29, 1.82) is 0 Å². The number of aromatic nitrogens is 2. The molecule has 0 spiro atoms. The van der Waals surface area contributed by atoms with Crippen LogP contribution in [0.1, 0.15) is 19.8 Å². The Labute approximate surface area is 106 Å². The number of H-pyrrole nitrogens is 1. The van der Waals surface area contributed by atoms with Crippen LogP contribution < -0.4 is 4.72 Å². The fourth-order valence-electron chi connectivity index (χ4n) is 1.99. The molecule has 2 N–H and O–H groups in total. The van der Waals surface area contributed by atoms with Gasteiger partial charge in [0.15, 0.2) is 5.03 Å². The first-order valence-corrected chi connectivity index (χ1v) is 7.27. The monoisotopic (exact) mass is 272 g/mol. The third kappa shape index (κ3) is 2.88. The van der Waals surface area contributed by atoms with E-state index in [0.29, 0.717) is 19.5 Å². The molecule has 0 aliphatic carbocycles. The number of sulfonamides is 1. The standard InChI is InChI=1S/C10H16N4O3S/c1-8(7-14-6-2-3-10(14)15)13-18(16,17)9-4-5-11-12-9/h4-5,8,13H,2-3,6-7H2,1H3,(H,11,12). The SMILES string of the molecule is CC(CN1CCCC1=O)NS(=O)(=O)c1ccn[nH]1. The number of hydrogen-bond donors (Lipinski definition) is 2. The lowest BCUT2D eigenvalue weighted by Gasteiger charge is -2.21. The third-order valence-corrected chi connectivity index (χ3v) is 4.31. The number of amides is 1. The van der Waals surface area contributed by atoms with Crippen LogP contribution in [-0.4, -0.2) is 48.6 Å². The van der Waals surface area contributed by atoms with Gasteiger partial charge in [0, 0.05) is 25.6 Å². The molecule has 18 heavy (non-hydrogen) atoms. The van der Waals surface area contributed by atoms with Crippen LogP contribution in [0.15, 0.2) is 17.3 Å². The van der Waals surface area contributed by atoms with Gasteiger partial charge in [-0.2, -0.15) is 5.10 Å². The minimum absolute atomic E-state index is 0.0297. The van der Waals surface area contributed by atoms with Crippen molar-refractivity contribution in [2.45, 2.75) is 30.8 Å². The van der Waals surface area contributed by atoms with Crippen LogP contribution in [0.4, 0.5) is 0 Å². The fourth-order valence-corrected chi connectivity index (χ4v) is 3.13. The summed E-state index contributed by atoms with van der Waals surface area (Å²) in [5.41, 5.74) is 0. The number of carbonyl (C=O) groups is 1. The average molecular weight is 272 g/mol. The molecule has 1 aliphatic heterocycles. The Morgan fingerprint density at radius 2 is 2.39 bits per heavy atom. The lowest BCUT2D eigenvalue weighted by Crippen LogP contribution is -2.42. The molecule has 7 nitrogen and oxygen atoms in total. The molecule has 1 amide bonds. The number of hydrogen-bond acceptors (Lipinski definition) is 4. The first-order valence-electron chi connectivity index (χ1n) is 5.78. The zero-order chi connectivity index (χ0) is 13.2. The molecular weight excluding hydrogens is 256 g/mol. The van der Waals surface area contributed by atoms with E-state index in [4.69, 9.17) is 0 Å². The minimum Gasteiger partial charge on any atom is -0.341 e. The second kappa shape index (κ2) is 5.07. The number of carbonyl (C=O) groups excluding carboxylic acids is 1. The second-order valence-corrected chi connectivity index (χ2v) is 6.07. The molecule has 1 aliphatic rings. The van der Waals surface area contributed by atoms with E-state index in [-0.39, 0.29) is 17.0 Å². The maximum absolute atomic E-state index is 11.9. The van der Waals surface area contributed by atoms with E-state index in [1.165, 1.54) is 12.3 Å². The van der Waals surface area contributed by atoms with Gasteiger partial charge in [0.25, 0.3) is 10.0 Å². The molecule has 100 valence electrons. The van der Waals surface area contributed by atoms with Gasteiger partial charge in [-0.25, -0.2) is 13.1 Å². The highest BCUT2D eigenvalue weighted by Crippen LogP contribution is 2.11. The number of likely N-dealkylation sites (tertiary alicyclic amines) is 1. The molecule has 0 radical (unpaired) electrons. The molecule has 2 heterocycles. The van der Waals surface area contributed by atoms with E-state index in [2.05, 4.69) is 14.9 Å². The van der Waals surface area contributed by atoms with Crippen LogP contribution in [-0.2, 0) is 14.8 Å². The maximum atomic E-state index is 11.9. The Hall–Kier alpha value is -1.41. The Kier molecular flexibility index (Phi) is 3.67. The predicted molar refractivity (Wildman–Crippen MR) is 64.2 cm³/mol. The van der Waals surface area contributed by atoms with E-state index in [9.17, 15) is 13.2 Å². The van der Waals surface area contributed by atoms with Crippen molar-refractivity contribution >= 4 is 15.9 Å². The predicted octanol–water partition coefficient (Wildman–Crippen LogP) is -0.301. The fraction of sp³-hybridized carbons (Fsp3) is 0.600. The number of rotatable bonds is 5. The van der Waals surface area contributed by atoms with Crippen LogP contribution in [0.5, 0.6) is 0 Å². The quantitative estimate of drug-likeness (QED) is 0.769. The molecule has 8 heteroatoms. The van der Waals surface area contributed by atoms with E-state index in [1.54, 1.807) is 11.8 Å². The Morgan fingerprint density at radius 3 is 2.94 bits per heavy atom. The first-order chi connectivity index (χ1) is 8.49. The molecule has 1 atom stereocenters. The van der Waals surface area contributed by atoms with E-state index in [1.807, 2.05) is 0 Å². The molecular formula is C10H16N4O3S. The van der Waals surface area contributed by atoms with Crippen molar-refractivity contribution in [2.75, 3.05) is 13.1 Å². The van der Waals surface area contributed by atoms with Gasteiger partial charge < -0.3 is 4.90 Å². The molecule has 2 rings (SSSR count). The van der Waals surface area contributed by atoms with Crippen LogP contribution in [0.2, 0.25) is 0 Å². The largest absolute Gasteiger partial charge is 0.341 e. The van der Waals surface area contributed by atoms with Gasteiger partial charge in [0.05, 0.1) is 6.20 Å². The van der Waals surface area contributed by atoms with Crippen molar-refractivity contribution < 1.29 is 13.2 Å². The molecule has 1 aromatic rings. The van der Waals surface area contributed by atoms with Gasteiger partial charge >= 0.3 is 0 Å². The molecule has 0 saturated carbocycles. The Bertz CT molecular complexity index is 511. The molecule has 1 unspecified atom stereocenters. The molecule has 0 bridgehead atoms. The van der Waals surface area contributed by atoms with Crippen molar-refractivity contribution in [2.24, 2.45) is 0 Å². The third-order valence-electron chi connectivity index (χ3n) is 2.79. The normalized spacial score (nSPS) is 18.3. The summed E-state index contributed by atoms with van der Waals surface area (Å²) >= 11 is 0. The first kappa shape index (κ1) is 13.0. The van der Waals surface area contributed by atoms with Gasteiger partial charge in [-0.1, -0.05) is 0 Å². The molecule has 1 fully saturated rings. The zero-order valence-corrected chi connectivity index (χ0v) is 10.9.